The molecule has 2 rings (SSSR count). The molecule has 128 valence electrons. The smallest absolute Gasteiger partial charge is 0.410 e. The molecule has 1 aliphatic heterocycles. The van der Waals surface area contributed by atoms with E-state index in [9.17, 15) is 9.18 Å². The Bertz CT molecular complexity index is 554. The van der Waals surface area contributed by atoms with Crippen LogP contribution in [0.2, 0.25) is 0 Å². The number of amides is 1. The summed E-state index contributed by atoms with van der Waals surface area (Å²) in [7, 11) is 0. The summed E-state index contributed by atoms with van der Waals surface area (Å²) < 4.78 is 18.8. The summed E-state index contributed by atoms with van der Waals surface area (Å²) in [5.41, 5.74) is 1.54. The van der Waals surface area contributed by atoms with E-state index in [4.69, 9.17) is 4.74 Å². The molecule has 0 radical (unpaired) electrons. The molecule has 0 bridgehead atoms. The SMILES string of the molecule is Cc1ccc(F)cc1CNCC1CCCN1C(=O)OC(C)(C)C. The second kappa shape index (κ2) is 7.30. The van der Waals surface area contributed by atoms with Crippen molar-refractivity contribution in [1.29, 1.82) is 0 Å². The number of nitrogens with one attached hydrogen (secondary N) is 1. The summed E-state index contributed by atoms with van der Waals surface area (Å²) in [6, 6.07) is 4.95. The van der Waals surface area contributed by atoms with E-state index in [1.54, 1.807) is 17.0 Å². The van der Waals surface area contributed by atoms with Gasteiger partial charge >= 0.3 is 6.09 Å². The van der Waals surface area contributed by atoms with Crippen LogP contribution in [0.15, 0.2) is 18.2 Å². The van der Waals surface area contributed by atoms with Gasteiger partial charge in [0.05, 0.1) is 0 Å². The van der Waals surface area contributed by atoms with Crippen molar-refractivity contribution in [2.24, 2.45) is 0 Å². The molecule has 5 heteroatoms. The molecule has 1 N–H and O–H groups in total. The lowest BCUT2D eigenvalue weighted by molar-refractivity contribution is 0.0226. The van der Waals surface area contributed by atoms with Crippen molar-refractivity contribution < 1.29 is 13.9 Å². The second-order valence-electron chi connectivity index (χ2n) is 7.17. The Hall–Kier alpha value is -1.62. The molecule has 4 nitrogen and oxygen atoms in total. The van der Waals surface area contributed by atoms with Crippen molar-refractivity contribution in [3.63, 3.8) is 0 Å². The number of halogens is 1. The quantitative estimate of drug-likeness (QED) is 0.920. The van der Waals surface area contributed by atoms with E-state index in [2.05, 4.69) is 5.32 Å². The minimum atomic E-state index is -0.476. The fourth-order valence-corrected chi connectivity index (χ4v) is 2.81. The number of hydrogen-bond acceptors (Lipinski definition) is 3. The highest BCUT2D eigenvalue weighted by atomic mass is 19.1. The highest BCUT2D eigenvalue weighted by Crippen LogP contribution is 2.20. The Labute approximate surface area is 138 Å². The number of hydrogen-bond donors (Lipinski definition) is 1. The molecule has 0 aromatic heterocycles. The Kier molecular flexibility index (Phi) is 5.63. The highest BCUT2D eigenvalue weighted by Gasteiger charge is 2.31. The first-order chi connectivity index (χ1) is 10.8. The number of rotatable bonds is 4. The number of ether oxygens (including phenoxy) is 1. The molecule has 1 atom stereocenters. The minimum absolute atomic E-state index is 0.138. The van der Waals surface area contributed by atoms with Gasteiger partial charge in [-0.15, -0.1) is 0 Å². The molecule has 1 aliphatic rings. The zero-order chi connectivity index (χ0) is 17.0. The first-order valence-electron chi connectivity index (χ1n) is 8.21. The zero-order valence-electron chi connectivity index (χ0n) is 14.5. The molecule has 1 amide bonds. The van der Waals surface area contributed by atoms with Gasteiger partial charge < -0.3 is 15.0 Å². The van der Waals surface area contributed by atoms with E-state index in [-0.39, 0.29) is 18.0 Å². The largest absolute Gasteiger partial charge is 0.444 e. The molecule has 0 saturated carbocycles. The lowest BCUT2D eigenvalue weighted by Crippen LogP contribution is -2.44. The van der Waals surface area contributed by atoms with Crippen molar-refractivity contribution in [1.82, 2.24) is 10.2 Å². The standard InChI is InChI=1S/C18H27FN2O2/c1-13-7-8-15(19)10-14(13)11-20-12-16-6-5-9-21(16)17(22)23-18(2,3)4/h7-8,10,16,20H,5-6,9,11-12H2,1-4H3. The van der Waals surface area contributed by atoms with Crippen LogP contribution in [0.4, 0.5) is 9.18 Å². The van der Waals surface area contributed by atoms with Crippen molar-refractivity contribution in [2.75, 3.05) is 13.1 Å². The fourth-order valence-electron chi connectivity index (χ4n) is 2.81. The average molecular weight is 322 g/mol. The maximum Gasteiger partial charge on any atom is 0.410 e. The summed E-state index contributed by atoms with van der Waals surface area (Å²) in [6.07, 6.45) is 1.71. The topological polar surface area (TPSA) is 41.6 Å². The third kappa shape index (κ3) is 5.20. The van der Waals surface area contributed by atoms with Gasteiger partial charge in [-0.05, 0) is 63.8 Å². The van der Waals surface area contributed by atoms with Crippen LogP contribution in [0.1, 0.15) is 44.7 Å². The van der Waals surface area contributed by atoms with Gasteiger partial charge in [0, 0.05) is 25.7 Å². The van der Waals surface area contributed by atoms with Gasteiger partial charge in [0.25, 0.3) is 0 Å². The first kappa shape index (κ1) is 17.7. The first-order valence-corrected chi connectivity index (χ1v) is 8.21. The number of aryl methyl sites for hydroxylation is 1. The molecule has 1 aromatic rings. The fraction of sp³-hybridized carbons (Fsp3) is 0.611. The van der Waals surface area contributed by atoms with Gasteiger partial charge in [-0.1, -0.05) is 6.07 Å². The number of nitrogens with zero attached hydrogens (tertiary/aromatic N) is 1. The van der Waals surface area contributed by atoms with Crippen LogP contribution in [0, 0.1) is 12.7 Å². The summed E-state index contributed by atoms with van der Waals surface area (Å²) >= 11 is 0. The van der Waals surface area contributed by atoms with Crippen molar-refractivity contribution >= 4 is 6.09 Å². The Morgan fingerprint density at radius 2 is 2.17 bits per heavy atom. The third-order valence-electron chi connectivity index (χ3n) is 4.01. The molecule has 1 fully saturated rings. The number of benzene rings is 1. The van der Waals surface area contributed by atoms with Gasteiger partial charge in [0.15, 0.2) is 0 Å². The summed E-state index contributed by atoms with van der Waals surface area (Å²) in [5.74, 6) is -0.219. The van der Waals surface area contributed by atoms with Crippen LogP contribution in [0.3, 0.4) is 0 Å². The Morgan fingerprint density at radius 1 is 1.43 bits per heavy atom. The Morgan fingerprint density at radius 3 is 2.87 bits per heavy atom. The highest BCUT2D eigenvalue weighted by molar-refractivity contribution is 5.69. The maximum atomic E-state index is 13.3. The van der Waals surface area contributed by atoms with E-state index in [0.29, 0.717) is 13.1 Å². The van der Waals surface area contributed by atoms with Crippen LogP contribution < -0.4 is 5.32 Å². The normalized spacial score (nSPS) is 18.3. The Balaban J connectivity index is 1.87. The van der Waals surface area contributed by atoms with Crippen LogP contribution in [0.25, 0.3) is 0 Å². The van der Waals surface area contributed by atoms with E-state index < -0.39 is 5.60 Å². The molecule has 1 saturated heterocycles. The predicted octanol–water partition coefficient (Wildman–Crippen LogP) is 3.62. The molecule has 0 aliphatic carbocycles. The van der Waals surface area contributed by atoms with E-state index >= 15 is 0 Å². The van der Waals surface area contributed by atoms with E-state index in [1.165, 1.54) is 6.07 Å². The van der Waals surface area contributed by atoms with Crippen molar-refractivity contribution in [2.45, 2.75) is 58.7 Å². The average Bonchev–Trinajstić information content (AvgIpc) is 2.89. The predicted molar refractivity (Wildman–Crippen MR) is 88.8 cm³/mol. The molecule has 1 aromatic carbocycles. The van der Waals surface area contributed by atoms with Crippen LogP contribution in [0.5, 0.6) is 0 Å². The summed E-state index contributed by atoms with van der Waals surface area (Å²) in [5, 5.41) is 3.34. The van der Waals surface area contributed by atoms with Gasteiger partial charge in [0.2, 0.25) is 0 Å². The molecule has 1 unspecified atom stereocenters. The van der Waals surface area contributed by atoms with Crippen LogP contribution in [-0.4, -0.2) is 35.7 Å². The molecular formula is C18H27FN2O2. The van der Waals surface area contributed by atoms with Gasteiger partial charge in [0.1, 0.15) is 11.4 Å². The summed E-state index contributed by atoms with van der Waals surface area (Å²) in [6.45, 7) is 9.62. The van der Waals surface area contributed by atoms with Gasteiger partial charge in [-0.25, -0.2) is 9.18 Å². The maximum absolute atomic E-state index is 13.3. The molecule has 0 spiro atoms. The monoisotopic (exact) mass is 322 g/mol. The molecule has 1 heterocycles. The molecule has 23 heavy (non-hydrogen) atoms. The van der Waals surface area contributed by atoms with Crippen LogP contribution in [-0.2, 0) is 11.3 Å². The van der Waals surface area contributed by atoms with E-state index in [1.807, 2.05) is 27.7 Å². The van der Waals surface area contributed by atoms with E-state index in [0.717, 1.165) is 30.5 Å². The summed E-state index contributed by atoms with van der Waals surface area (Å²) in [4.78, 5) is 14.0. The lowest BCUT2D eigenvalue weighted by atomic mass is 10.1. The minimum Gasteiger partial charge on any atom is -0.444 e. The zero-order valence-corrected chi connectivity index (χ0v) is 14.5. The lowest BCUT2D eigenvalue weighted by Gasteiger charge is -2.28. The molecular weight excluding hydrogens is 295 g/mol. The third-order valence-corrected chi connectivity index (χ3v) is 4.01. The number of carbonyl (C=O) groups excluding carboxylic acids is 1. The van der Waals surface area contributed by atoms with Gasteiger partial charge in [-0.2, -0.15) is 0 Å². The number of carbonyl (C=O) groups is 1. The second-order valence-corrected chi connectivity index (χ2v) is 7.17. The van der Waals surface area contributed by atoms with Gasteiger partial charge in [-0.3, -0.25) is 0 Å². The van der Waals surface area contributed by atoms with Crippen molar-refractivity contribution in [3.05, 3.63) is 35.1 Å². The van der Waals surface area contributed by atoms with Crippen molar-refractivity contribution in [3.8, 4) is 0 Å². The number of likely N-dealkylation sites (tertiary alicyclic amines) is 1. The van der Waals surface area contributed by atoms with Crippen LogP contribution >= 0.6 is 0 Å².